The predicted octanol–water partition coefficient (Wildman–Crippen LogP) is 2.16. The van der Waals surface area contributed by atoms with Gasteiger partial charge in [-0.15, -0.1) is 0 Å². The van der Waals surface area contributed by atoms with Gasteiger partial charge < -0.3 is 10.6 Å². The lowest BCUT2D eigenvalue weighted by atomic mass is 10.1. The molecule has 0 amide bonds. The van der Waals surface area contributed by atoms with Crippen LogP contribution in [0.3, 0.4) is 0 Å². The van der Waals surface area contributed by atoms with Gasteiger partial charge in [-0.2, -0.15) is 5.10 Å². The van der Waals surface area contributed by atoms with Crippen molar-refractivity contribution in [1.29, 1.82) is 0 Å². The molecule has 0 radical (unpaired) electrons. The van der Waals surface area contributed by atoms with Gasteiger partial charge in [-0.05, 0) is 31.5 Å². The molecule has 2 aromatic rings. The molecule has 18 heavy (non-hydrogen) atoms. The molecule has 1 saturated heterocycles. The average Bonchev–Trinajstić information content (AvgIpc) is 3.01. The lowest BCUT2D eigenvalue weighted by Crippen LogP contribution is -2.22. The van der Waals surface area contributed by atoms with Gasteiger partial charge in [0.1, 0.15) is 5.82 Å². The second-order valence-corrected chi connectivity index (χ2v) is 4.87. The summed E-state index contributed by atoms with van der Waals surface area (Å²) in [7, 11) is 0. The zero-order chi connectivity index (χ0) is 12.4. The first-order valence-corrected chi connectivity index (χ1v) is 6.41. The molecule has 1 aromatic carbocycles. The number of benzene rings is 1. The molecule has 4 heteroatoms. The number of nitrogens with zero attached hydrogens (tertiary/aromatic N) is 1. The third kappa shape index (κ3) is 2.38. The third-order valence-corrected chi connectivity index (χ3v) is 3.32. The van der Waals surface area contributed by atoms with Gasteiger partial charge >= 0.3 is 0 Å². The Labute approximate surface area is 107 Å². The maximum absolute atomic E-state index is 4.32. The Balaban J connectivity index is 1.76. The van der Waals surface area contributed by atoms with Crippen molar-refractivity contribution in [3.05, 3.63) is 35.9 Å². The SMILES string of the molecule is Cc1cccc(-c2cc(NC3CCNC3)n[nH]2)c1. The molecule has 1 fully saturated rings. The van der Waals surface area contributed by atoms with E-state index in [1.165, 1.54) is 11.1 Å². The summed E-state index contributed by atoms with van der Waals surface area (Å²) >= 11 is 0. The fraction of sp³-hybridized carbons (Fsp3) is 0.357. The van der Waals surface area contributed by atoms with Crippen LogP contribution in [-0.2, 0) is 0 Å². The van der Waals surface area contributed by atoms with E-state index in [9.17, 15) is 0 Å². The number of hydrogen-bond acceptors (Lipinski definition) is 3. The fourth-order valence-corrected chi connectivity index (χ4v) is 2.34. The first kappa shape index (κ1) is 11.3. The second-order valence-electron chi connectivity index (χ2n) is 4.87. The minimum atomic E-state index is 0.499. The van der Waals surface area contributed by atoms with Gasteiger partial charge in [0.2, 0.25) is 0 Å². The fourth-order valence-electron chi connectivity index (χ4n) is 2.34. The molecule has 4 nitrogen and oxygen atoms in total. The zero-order valence-electron chi connectivity index (χ0n) is 10.5. The third-order valence-electron chi connectivity index (χ3n) is 3.32. The predicted molar refractivity (Wildman–Crippen MR) is 73.7 cm³/mol. The van der Waals surface area contributed by atoms with Crippen molar-refractivity contribution in [2.24, 2.45) is 0 Å². The Morgan fingerprint density at radius 1 is 1.33 bits per heavy atom. The molecule has 1 unspecified atom stereocenters. The standard InChI is InChI=1S/C14H18N4/c1-10-3-2-4-11(7-10)13-8-14(18-17-13)16-12-5-6-15-9-12/h2-4,7-8,12,15H,5-6,9H2,1H3,(H2,16,17,18). The van der Waals surface area contributed by atoms with Crippen LogP contribution < -0.4 is 10.6 Å². The molecule has 0 bridgehead atoms. The van der Waals surface area contributed by atoms with Crippen LogP contribution in [0.25, 0.3) is 11.3 Å². The maximum atomic E-state index is 4.32. The molecule has 1 aromatic heterocycles. The van der Waals surface area contributed by atoms with Gasteiger partial charge in [0.05, 0.1) is 5.69 Å². The molecule has 0 saturated carbocycles. The van der Waals surface area contributed by atoms with Crippen LogP contribution in [0.1, 0.15) is 12.0 Å². The highest BCUT2D eigenvalue weighted by molar-refractivity contribution is 5.63. The van der Waals surface area contributed by atoms with Gasteiger partial charge in [0, 0.05) is 18.7 Å². The van der Waals surface area contributed by atoms with E-state index in [4.69, 9.17) is 0 Å². The Morgan fingerprint density at radius 3 is 3.06 bits per heavy atom. The largest absolute Gasteiger partial charge is 0.365 e. The number of anilines is 1. The average molecular weight is 242 g/mol. The van der Waals surface area contributed by atoms with Gasteiger partial charge in [-0.3, -0.25) is 5.10 Å². The van der Waals surface area contributed by atoms with E-state index in [-0.39, 0.29) is 0 Å². The molecule has 3 N–H and O–H groups in total. The first-order chi connectivity index (χ1) is 8.81. The van der Waals surface area contributed by atoms with Gasteiger partial charge in [-0.1, -0.05) is 23.8 Å². The molecular weight excluding hydrogens is 224 g/mol. The quantitative estimate of drug-likeness (QED) is 0.773. The van der Waals surface area contributed by atoms with Gasteiger partial charge in [0.15, 0.2) is 0 Å². The van der Waals surface area contributed by atoms with Gasteiger partial charge in [0.25, 0.3) is 0 Å². The van der Waals surface area contributed by atoms with E-state index in [0.29, 0.717) is 6.04 Å². The van der Waals surface area contributed by atoms with Crippen LogP contribution in [-0.4, -0.2) is 29.3 Å². The number of rotatable bonds is 3. The van der Waals surface area contributed by atoms with Crippen LogP contribution in [0.2, 0.25) is 0 Å². The van der Waals surface area contributed by atoms with Crippen molar-refractivity contribution in [2.75, 3.05) is 18.4 Å². The minimum absolute atomic E-state index is 0.499. The Hall–Kier alpha value is -1.81. The number of aryl methyl sites for hydroxylation is 1. The van der Waals surface area contributed by atoms with Crippen LogP contribution >= 0.6 is 0 Å². The summed E-state index contributed by atoms with van der Waals surface area (Å²) in [6.45, 7) is 4.21. The van der Waals surface area contributed by atoms with Crippen molar-refractivity contribution in [3.63, 3.8) is 0 Å². The number of hydrogen-bond donors (Lipinski definition) is 3. The normalized spacial score (nSPS) is 19.1. The summed E-state index contributed by atoms with van der Waals surface area (Å²) in [4.78, 5) is 0. The van der Waals surface area contributed by atoms with Crippen molar-refractivity contribution < 1.29 is 0 Å². The maximum Gasteiger partial charge on any atom is 0.148 e. The molecule has 1 aliphatic rings. The van der Waals surface area contributed by atoms with Crippen LogP contribution in [0, 0.1) is 6.92 Å². The van der Waals surface area contributed by atoms with Crippen LogP contribution in [0.15, 0.2) is 30.3 Å². The summed E-state index contributed by atoms with van der Waals surface area (Å²) < 4.78 is 0. The summed E-state index contributed by atoms with van der Waals surface area (Å²) in [6, 6.07) is 11.0. The number of H-pyrrole nitrogens is 1. The second kappa shape index (κ2) is 4.82. The number of nitrogens with one attached hydrogen (secondary N) is 3. The van der Waals surface area contributed by atoms with Crippen molar-refractivity contribution in [3.8, 4) is 11.3 Å². The zero-order valence-corrected chi connectivity index (χ0v) is 10.5. The molecule has 2 heterocycles. The Bertz CT molecular complexity index is 526. The van der Waals surface area contributed by atoms with E-state index >= 15 is 0 Å². The highest BCUT2D eigenvalue weighted by atomic mass is 15.2. The van der Waals surface area contributed by atoms with Crippen molar-refractivity contribution in [1.82, 2.24) is 15.5 Å². The molecule has 1 atom stereocenters. The van der Waals surface area contributed by atoms with Crippen LogP contribution in [0.5, 0.6) is 0 Å². The Morgan fingerprint density at radius 2 is 2.28 bits per heavy atom. The summed E-state index contributed by atoms with van der Waals surface area (Å²) in [5, 5.41) is 14.2. The van der Waals surface area contributed by atoms with E-state index in [0.717, 1.165) is 31.0 Å². The van der Waals surface area contributed by atoms with Crippen LogP contribution in [0.4, 0.5) is 5.82 Å². The molecule has 94 valence electrons. The summed E-state index contributed by atoms with van der Waals surface area (Å²) in [6.07, 6.45) is 1.16. The van der Waals surface area contributed by atoms with E-state index in [1.807, 2.05) is 0 Å². The van der Waals surface area contributed by atoms with E-state index in [1.54, 1.807) is 0 Å². The molecule has 1 aliphatic heterocycles. The monoisotopic (exact) mass is 242 g/mol. The smallest absolute Gasteiger partial charge is 0.148 e. The van der Waals surface area contributed by atoms with Crippen molar-refractivity contribution >= 4 is 5.82 Å². The topological polar surface area (TPSA) is 52.7 Å². The van der Waals surface area contributed by atoms with E-state index < -0.39 is 0 Å². The lowest BCUT2D eigenvalue weighted by molar-refractivity contribution is 0.786. The highest BCUT2D eigenvalue weighted by Gasteiger charge is 2.15. The number of aromatic nitrogens is 2. The van der Waals surface area contributed by atoms with E-state index in [2.05, 4.69) is 58.1 Å². The minimum Gasteiger partial charge on any atom is -0.365 e. The first-order valence-electron chi connectivity index (χ1n) is 6.41. The van der Waals surface area contributed by atoms with Gasteiger partial charge in [-0.25, -0.2) is 0 Å². The highest BCUT2D eigenvalue weighted by Crippen LogP contribution is 2.21. The molecule has 3 rings (SSSR count). The molecule has 0 aliphatic carbocycles. The lowest BCUT2D eigenvalue weighted by Gasteiger charge is -2.08. The Kier molecular flexibility index (Phi) is 3.02. The summed E-state index contributed by atoms with van der Waals surface area (Å²) in [5.41, 5.74) is 3.50. The summed E-state index contributed by atoms with van der Waals surface area (Å²) in [5.74, 6) is 0.931. The van der Waals surface area contributed by atoms with Crippen molar-refractivity contribution in [2.45, 2.75) is 19.4 Å². The number of aromatic amines is 1. The molecular formula is C14H18N4. The molecule has 0 spiro atoms.